The van der Waals surface area contributed by atoms with Crippen LogP contribution in [-0.4, -0.2) is 13.1 Å². The van der Waals surface area contributed by atoms with Gasteiger partial charge in [-0.15, -0.1) is 12.4 Å². The molecule has 2 fully saturated rings. The second-order valence-corrected chi connectivity index (χ2v) is 5.45. The molecule has 0 radical (unpaired) electrons. The minimum atomic E-state index is 0. The summed E-state index contributed by atoms with van der Waals surface area (Å²) < 4.78 is 0. The van der Waals surface area contributed by atoms with E-state index in [0.29, 0.717) is 10.8 Å². The first-order valence-electron chi connectivity index (χ1n) is 5.19. The number of hydrogen-bond acceptors (Lipinski definition) is 1. The highest BCUT2D eigenvalue weighted by atomic mass is 35.5. The third-order valence-corrected chi connectivity index (χ3v) is 5.14. The van der Waals surface area contributed by atoms with Crippen molar-refractivity contribution in [1.82, 2.24) is 5.32 Å². The van der Waals surface area contributed by atoms with E-state index < -0.39 is 0 Å². The molecule has 0 aliphatic heterocycles. The Morgan fingerprint density at radius 2 is 1.85 bits per heavy atom. The predicted octanol–water partition coefficient (Wildman–Crippen LogP) is 2.84. The van der Waals surface area contributed by atoms with Crippen LogP contribution < -0.4 is 5.32 Å². The summed E-state index contributed by atoms with van der Waals surface area (Å²) in [5.41, 5.74) is 1.13. The molecule has 2 bridgehead atoms. The number of hydrogen-bond donors (Lipinski definition) is 1. The molecule has 2 aliphatic carbocycles. The van der Waals surface area contributed by atoms with Crippen LogP contribution in [0.4, 0.5) is 0 Å². The topological polar surface area (TPSA) is 12.0 Å². The van der Waals surface area contributed by atoms with Gasteiger partial charge in [-0.25, -0.2) is 0 Å². The summed E-state index contributed by atoms with van der Waals surface area (Å²) in [6.07, 6.45) is 4.29. The summed E-state index contributed by atoms with van der Waals surface area (Å²) in [4.78, 5) is 0. The highest BCUT2D eigenvalue weighted by Gasteiger charge is 2.60. The van der Waals surface area contributed by atoms with Gasteiger partial charge < -0.3 is 5.32 Å². The third-order valence-electron chi connectivity index (χ3n) is 5.14. The second-order valence-electron chi connectivity index (χ2n) is 5.45. The molecular weight excluding hydrogens is 182 g/mol. The van der Waals surface area contributed by atoms with Gasteiger partial charge in [0.1, 0.15) is 0 Å². The minimum absolute atomic E-state index is 0. The summed E-state index contributed by atoms with van der Waals surface area (Å²) in [5.74, 6) is 0.972. The van der Waals surface area contributed by atoms with Crippen LogP contribution in [0.5, 0.6) is 0 Å². The summed E-state index contributed by atoms with van der Waals surface area (Å²) in [5, 5.41) is 3.49. The van der Waals surface area contributed by atoms with Gasteiger partial charge in [-0.2, -0.15) is 0 Å². The van der Waals surface area contributed by atoms with E-state index in [-0.39, 0.29) is 12.4 Å². The fourth-order valence-electron chi connectivity index (χ4n) is 3.64. The minimum Gasteiger partial charge on any atom is -0.316 e. The molecule has 2 aliphatic rings. The van der Waals surface area contributed by atoms with Gasteiger partial charge in [-0.1, -0.05) is 20.8 Å². The van der Waals surface area contributed by atoms with E-state index in [1.807, 2.05) is 0 Å². The lowest BCUT2D eigenvalue weighted by Crippen LogP contribution is -2.42. The van der Waals surface area contributed by atoms with Gasteiger partial charge >= 0.3 is 0 Å². The fourth-order valence-corrected chi connectivity index (χ4v) is 3.64. The van der Waals surface area contributed by atoms with Crippen LogP contribution in [0.1, 0.15) is 40.0 Å². The highest BCUT2D eigenvalue weighted by molar-refractivity contribution is 5.85. The lowest BCUT2D eigenvalue weighted by Gasteiger charge is -2.39. The maximum absolute atomic E-state index is 3.49. The van der Waals surface area contributed by atoms with Gasteiger partial charge in [0.15, 0.2) is 0 Å². The normalized spacial score (nSPS) is 46.2. The van der Waals surface area contributed by atoms with E-state index in [1.54, 1.807) is 0 Å². The Morgan fingerprint density at radius 1 is 1.23 bits per heavy atom. The van der Waals surface area contributed by atoms with Crippen molar-refractivity contribution in [3.63, 3.8) is 0 Å². The van der Waals surface area contributed by atoms with Gasteiger partial charge in [0, 0.05) is 6.04 Å². The van der Waals surface area contributed by atoms with Crippen LogP contribution in [-0.2, 0) is 0 Å². The molecule has 0 saturated heterocycles. The Bertz CT molecular complexity index is 202. The van der Waals surface area contributed by atoms with Gasteiger partial charge in [-0.05, 0) is 43.1 Å². The van der Waals surface area contributed by atoms with E-state index in [1.165, 1.54) is 19.3 Å². The largest absolute Gasteiger partial charge is 0.316 e. The summed E-state index contributed by atoms with van der Waals surface area (Å²) in [6.45, 7) is 7.39. The predicted molar refractivity (Wildman–Crippen MR) is 59.3 cm³/mol. The summed E-state index contributed by atoms with van der Waals surface area (Å²) >= 11 is 0. The molecule has 78 valence electrons. The average molecular weight is 204 g/mol. The molecule has 0 spiro atoms. The molecule has 1 nitrogen and oxygen atoms in total. The zero-order valence-electron chi connectivity index (χ0n) is 9.18. The van der Waals surface area contributed by atoms with Crippen LogP contribution in [0.15, 0.2) is 0 Å². The van der Waals surface area contributed by atoms with Crippen molar-refractivity contribution >= 4 is 12.4 Å². The van der Waals surface area contributed by atoms with E-state index in [2.05, 4.69) is 33.1 Å². The lowest BCUT2D eigenvalue weighted by atomic mass is 9.69. The first-order valence-corrected chi connectivity index (χ1v) is 5.19. The summed E-state index contributed by atoms with van der Waals surface area (Å²) in [7, 11) is 2.12. The van der Waals surface area contributed by atoms with Crippen molar-refractivity contribution < 1.29 is 0 Å². The van der Waals surface area contributed by atoms with Gasteiger partial charge in [-0.3, -0.25) is 0 Å². The molecule has 13 heavy (non-hydrogen) atoms. The zero-order chi connectivity index (χ0) is 8.98. The number of rotatable bonds is 1. The zero-order valence-corrected chi connectivity index (χ0v) is 10.0. The summed E-state index contributed by atoms with van der Waals surface area (Å²) in [6, 6.07) is 0.770. The Kier molecular flexibility index (Phi) is 2.73. The van der Waals surface area contributed by atoms with Crippen LogP contribution in [0.3, 0.4) is 0 Å². The van der Waals surface area contributed by atoms with Crippen LogP contribution in [0, 0.1) is 16.7 Å². The molecule has 1 N–H and O–H groups in total. The Hall–Kier alpha value is 0.250. The van der Waals surface area contributed by atoms with Crippen LogP contribution in [0.2, 0.25) is 0 Å². The second kappa shape index (κ2) is 3.13. The first kappa shape index (κ1) is 11.3. The maximum atomic E-state index is 3.49. The molecular formula is C11H22ClN. The van der Waals surface area contributed by atoms with Crippen molar-refractivity contribution in [2.75, 3.05) is 7.05 Å². The van der Waals surface area contributed by atoms with Crippen molar-refractivity contribution in [1.29, 1.82) is 0 Å². The number of halogens is 1. The molecule has 2 saturated carbocycles. The fraction of sp³-hybridized carbons (Fsp3) is 1.00. The van der Waals surface area contributed by atoms with E-state index in [4.69, 9.17) is 0 Å². The first-order chi connectivity index (χ1) is 5.52. The van der Waals surface area contributed by atoms with Gasteiger partial charge in [0.05, 0.1) is 0 Å². The number of nitrogens with one attached hydrogen (secondary N) is 1. The molecule has 0 amide bonds. The van der Waals surface area contributed by atoms with Crippen LogP contribution >= 0.6 is 12.4 Å². The molecule has 0 unspecified atom stereocenters. The average Bonchev–Trinajstić information content (AvgIpc) is 2.34. The highest BCUT2D eigenvalue weighted by Crippen LogP contribution is 2.65. The number of fused-ring (bicyclic) bond motifs is 2. The van der Waals surface area contributed by atoms with E-state index >= 15 is 0 Å². The molecule has 0 heterocycles. The van der Waals surface area contributed by atoms with Crippen molar-refractivity contribution in [3.8, 4) is 0 Å². The van der Waals surface area contributed by atoms with Crippen molar-refractivity contribution in [2.24, 2.45) is 16.7 Å². The molecule has 2 rings (SSSR count). The third kappa shape index (κ3) is 1.16. The standard InChI is InChI=1S/C11H21N.ClH/c1-10(2)8-5-6-11(10,3)9(7-8)12-4;/h8-9,12H,5-7H2,1-4H3;1H/t8-,9+,11+;/m0./s1. The molecule has 0 aromatic rings. The smallest absolute Gasteiger partial charge is 0.0126 e. The quantitative estimate of drug-likeness (QED) is 0.691. The lowest BCUT2D eigenvalue weighted by molar-refractivity contribution is 0.125. The molecule has 0 aromatic heterocycles. The van der Waals surface area contributed by atoms with E-state index in [0.717, 1.165) is 12.0 Å². The monoisotopic (exact) mass is 203 g/mol. The maximum Gasteiger partial charge on any atom is 0.0126 e. The van der Waals surface area contributed by atoms with E-state index in [9.17, 15) is 0 Å². The Morgan fingerprint density at radius 3 is 2.08 bits per heavy atom. The molecule has 2 heteroatoms. The van der Waals surface area contributed by atoms with Gasteiger partial charge in [0.25, 0.3) is 0 Å². The van der Waals surface area contributed by atoms with Gasteiger partial charge in [0.2, 0.25) is 0 Å². The Balaban J connectivity index is 0.000000845. The SMILES string of the molecule is CN[C@@H]1C[C@@H]2CC[C@@]1(C)C2(C)C.Cl. The van der Waals surface area contributed by atoms with Crippen molar-refractivity contribution in [3.05, 3.63) is 0 Å². The van der Waals surface area contributed by atoms with Crippen LogP contribution in [0.25, 0.3) is 0 Å². The van der Waals surface area contributed by atoms with Crippen molar-refractivity contribution in [2.45, 2.75) is 46.1 Å². The molecule has 3 atom stereocenters. The molecule has 0 aromatic carbocycles. The Labute approximate surface area is 88.1 Å².